The highest BCUT2D eigenvalue weighted by molar-refractivity contribution is 8.01. The van der Waals surface area contributed by atoms with Crippen LogP contribution in [0.4, 0.5) is 0 Å². The van der Waals surface area contributed by atoms with E-state index in [1.165, 1.54) is 11.8 Å². The first kappa shape index (κ1) is 15.9. The number of para-hydroxylation sites is 1. The summed E-state index contributed by atoms with van der Waals surface area (Å²) in [7, 11) is 0. The molecular formula is C17H12N2O4S2. The third kappa shape index (κ3) is 3.75. The van der Waals surface area contributed by atoms with Crippen molar-refractivity contribution in [2.24, 2.45) is 0 Å². The van der Waals surface area contributed by atoms with Gasteiger partial charge in [0.25, 0.3) is 0 Å². The predicted molar refractivity (Wildman–Crippen MR) is 94.3 cm³/mol. The van der Waals surface area contributed by atoms with E-state index in [4.69, 9.17) is 13.7 Å². The molecule has 0 saturated carbocycles. The molecule has 0 spiro atoms. The van der Waals surface area contributed by atoms with Gasteiger partial charge in [0, 0.05) is 6.07 Å². The second-order valence-electron chi connectivity index (χ2n) is 5.06. The van der Waals surface area contributed by atoms with E-state index < -0.39 is 0 Å². The summed E-state index contributed by atoms with van der Waals surface area (Å²) in [5.74, 6) is 0.950. The molecule has 6 nitrogen and oxygen atoms in total. The largest absolute Gasteiger partial charge is 0.461 e. The van der Waals surface area contributed by atoms with Gasteiger partial charge in [-0.05, 0) is 24.3 Å². The molecule has 8 heteroatoms. The number of rotatable bonds is 6. The van der Waals surface area contributed by atoms with Crippen LogP contribution in [0.25, 0.3) is 21.7 Å². The Morgan fingerprint density at radius 1 is 1.20 bits per heavy atom. The van der Waals surface area contributed by atoms with Gasteiger partial charge in [0.05, 0.1) is 22.2 Å². The highest BCUT2D eigenvalue weighted by atomic mass is 32.2. The molecule has 0 atom stereocenters. The summed E-state index contributed by atoms with van der Waals surface area (Å²) in [4.78, 5) is 16.4. The lowest BCUT2D eigenvalue weighted by Crippen LogP contribution is -2.07. The second kappa shape index (κ2) is 7.12. The average Bonchev–Trinajstić information content (AvgIpc) is 3.37. The molecule has 25 heavy (non-hydrogen) atoms. The molecule has 0 amide bonds. The number of hydrogen-bond acceptors (Lipinski definition) is 8. The molecule has 3 aromatic heterocycles. The topological polar surface area (TPSA) is 78.4 Å². The Balaban J connectivity index is 1.29. The van der Waals surface area contributed by atoms with Gasteiger partial charge in [0.1, 0.15) is 12.3 Å². The van der Waals surface area contributed by atoms with E-state index in [9.17, 15) is 4.79 Å². The normalized spacial score (nSPS) is 11.0. The Morgan fingerprint density at radius 2 is 2.12 bits per heavy atom. The number of ether oxygens (including phenoxy) is 1. The third-order valence-electron chi connectivity index (χ3n) is 3.29. The molecule has 0 bridgehead atoms. The van der Waals surface area contributed by atoms with Crippen molar-refractivity contribution in [2.45, 2.75) is 10.9 Å². The number of benzene rings is 1. The lowest BCUT2D eigenvalue weighted by atomic mass is 10.3. The number of carbonyl (C=O) groups excluding carboxylic acids is 1. The first-order chi connectivity index (χ1) is 12.3. The number of hydrogen-bond donors (Lipinski definition) is 0. The van der Waals surface area contributed by atoms with Crippen molar-refractivity contribution < 1.29 is 18.5 Å². The van der Waals surface area contributed by atoms with Crippen LogP contribution < -0.4 is 0 Å². The minimum atomic E-state index is -0.327. The van der Waals surface area contributed by atoms with Crippen LogP contribution >= 0.6 is 23.1 Å². The zero-order valence-corrected chi connectivity index (χ0v) is 14.5. The van der Waals surface area contributed by atoms with E-state index in [0.29, 0.717) is 17.2 Å². The molecular weight excluding hydrogens is 360 g/mol. The van der Waals surface area contributed by atoms with Crippen molar-refractivity contribution >= 4 is 39.3 Å². The number of carbonyl (C=O) groups is 1. The van der Waals surface area contributed by atoms with Gasteiger partial charge in [0.15, 0.2) is 10.1 Å². The van der Waals surface area contributed by atoms with Crippen molar-refractivity contribution in [1.82, 2.24) is 10.1 Å². The van der Waals surface area contributed by atoms with Crippen LogP contribution in [-0.4, -0.2) is 21.9 Å². The van der Waals surface area contributed by atoms with Crippen molar-refractivity contribution in [3.8, 4) is 11.5 Å². The summed E-state index contributed by atoms with van der Waals surface area (Å²) < 4.78 is 17.5. The van der Waals surface area contributed by atoms with Crippen molar-refractivity contribution in [2.75, 3.05) is 5.75 Å². The van der Waals surface area contributed by atoms with Crippen LogP contribution in [0.3, 0.4) is 0 Å². The molecule has 0 aliphatic carbocycles. The maximum atomic E-state index is 11.9. The van der Waals surface area contributed by atoms with Crippen molar-refractivity contribution in [1.29, 1.82) is 0 Å². The SMILES string of the molecule is O=C(CSc1nc2ccccc2s1)OCc1cc(-c2ccco2)on1. The average molecular weight is 372 g/mol. The van der Waals surface area contributed by atoms with Crippen LogP contribution in [0, 0.1) is 0 Å². The van der Waals surface area contributed by atoms with Crippen LogP contribution in [0.1, 0.15) is 5.69 Å². The quantitative estimate of drug-likeness (QED) is 0.367. The van der Waals surface area contributed by atoms with Gasteiger partial charge < -0.3 is 13.7 Å². The minimum Gasteiger partial charge on any atom is -0.461 e. The van der Waals surface area contributed by atoms with Crippen molar-refractivity contribution in [3.05, 3.63) is 54.4 Å². The van der Waals surface area contributed by atoms with E-state index in [0.717, 1.165) is 14.6 Å². The molecule has 4 aromatic rings. The fraction of sp³-hybridized carbons (Fsp3) is 0.118. The van der Waals surface area contributed by atoms with E-state index in [2.05, 4.69) is 10.1 Å². The van der Waals surface area contributed by atoms with Gasteiger partial charge in [-0.2, -0.15) is 0 Å². The fourth-order valence-electron chi connectivity index (χ4n) is 2.14. The number of aromatic nitrogens is 2. The summed E-state index contributed by atoms with van der Waals surface area (Å²) in [6, 6.07) is 13.1. The van der Waals surface area contributed by atoms with E-state index in [-0.39, 0.29) is 18.3 Å². The lowest BCUT2D eigenvalue weighted by Gasteiger charge is -2.00. The Labute approximate surface area is 150 Å². The standard InChI is InChI=1S/C17H12N2O4S2/c20-16(10-24-17-18-12-4-1-2-6-15(12)25-17)22-9-11-8-14(23-19-11)13-5-3-7-21-13/h1-8H,9-10H2. The van der Waals surface area contributed by atoms with Crippen LogP contribution in [-0.2, 0) is 16.1 Å². The van der Waals surface area contributed by atoms with Gasteiger partial charge in [-0.1, -0.05) is 29.1 Å². The first-order valence-corrected chi connectivity index (χ1v) is 9.21. The van der Waals surface area contributed by atoms with Gasteiger partial charge >= 0.3 is 5.97 Å². The molecule has 0 aliphatic heterocycles. The number of esters is 1. The van der Waals surface area contributed by atoms with E-state index in [1.54, 1.807) is 35.8 Å². The Morgan fingerprint density at radius 3 is 2.96 bits per heavy atom. The van der Waals surface area contributed by atoms with Gasteiger partial charge in [-0.3, -0.25) is 4.79 Å². The Kier molecular flexibility index (Phi) is 4.53. The molecule has 0 unspecified atom stereocenters. The lowest BCUT2D eigenvalue weighted by molar-refractivity contribution is -0.141. The number of fused-ring (bicyclic) bond motifs is 1. The molecule has 126 valence electrons. The monoisotopic (exact) mass is 372 g/mol. The number of furan rings is 1. The molecule has 1 aromatic carbocycles. The predicted octanol–water partition coefficient (Wildman–Crippen LogP) is 4.38. The molecule has 3 heterocycles. The molecule has 0 saturated heterocycles. The Bertz CT molecular complexity index is 958. The van der Waals surface area contributed by atoms with Crippen molar-refractivity contribution in [3.63, 3.8) is 0 Å². The summed E-state index contributed by atoms with van der Waals surface area (Å²) in [6.07, 6.45) is 1.55. The maximum Gasteiger partial charge on any atom is 0.316 e. The van der Waals surface area contributed by atoms with Gasteiger partial charge in [0.2, 0.25) is 5.76 Å². The second-order valence-corrected chi connectivity index (χ2v) is 7.31. The molecule has 0 aliphatic rings. The smallest absolute Gasteiger partial charge is 0.316 e. The van der Waals surface area contributed by atoms with E-state index in [1.807, 2.05) is 24.3 Å². The number of thioether (sulfide) groups is 1. The summed E-state index contributed by atoms with van der Waals surface area (Å²) in [6.45, 7) is 0.0590. The zero-order chi connectivity index (χ0) is 17.1. The minimum absolute atomic E-state index is 0.0590. The van der Waals surface area contributed by atoms with Crippen LogP contribution in [0.5, 0.6) is 0 Å². The molecule has 0 radical (unpaired) electrons. The van der Waals surface area contributed by atoms with Gasteiger partial charge in [-0.15, -0.1) is 11.3 Å². The Hall–Kier alpha value is -2.58. The summed E-state index contributed by atoms with van der Waals surface area (Å²) >= 11 is 2.93. The molecule has 0 N–H and O–H groups in total. The maximum absolute atomic E-state index is 11.9. The summed E-state index contributed by atoms with van der Waals surface area (Å²) in [5.41, 5.74) is 1.47. The number of nitrogens with zero attached hydrogens (tertiary/aromatic N) is 2. The van der Waals surface area contributed by atoms with Crippen LogP contribution in [0.2, 0.25) is 0 Å². The first-order valence-electron chi connectivity index (χ1n) is 7.41. The highest BCUT2D eigenvalue weighted by Crippen LogP contribution is 2.29. The number of thiazole rings is 1. The van der Waals surface area contributed by atoms with Crippen LogP contribution in [0.15, 0.2) is 62.0 Å². The highest BCUT2D eigenvalue weighted by Gasteiger charge is 2.12. The fourth-order valence-corrected chi connectivity index (χ4v) is 4.01. The van der Waals surface area contributed by atoms with E-state index >= 15 is 0 Å². The zero-order valence-electron chi connectivity index (χ0n) is 12.9. The third-order valence-corrected chi connectivity index (χ3v) is 5.44. The summed E-state index contributed by atoms with van der Waals surface area (Å²) in [5, 5.41) is 3.86. The molecule has 0 fully saturated rings. The van der Waals surface area contributed by atoms with Gasteiger partial charge in [-0.25, -0.2) is 4.98 Å². The molecule has 4 rings (SSSR count).